The van der Waals surface area contributed by atoms with Crippen LogP contribution in [0, 0.1) is 29.1 Å². The van der Waals surface area contributed by atoms with Crippen LogP contribution in [0.15, 0.2) is 0 Å². The fraction of sp³-hybridized carbons (Fsp3) is 0. The second-order valence-corrected chi connectivity index (χ2v) is 2.02. The van der Waals surface area contributed by atoms with Crippen molar-refractivity contribution >= 4 is 12.4 Å². The molecule has 2 N–H and O–H groups in total. The highest BCUT2D eigenvalue weighted by Crippen LogP contribution is 2.27. The summed E-state index contributed by atoms with van der Waals surface area (Å²) in [5.41, 5.74) is 0. The molecule has 0 saturated heterocycles. The van der Waals surface area contributed by atoms with Crippen LogP contribution in [-0.2, 0) is 0 Å². The first-order valence-corrected chi connectivity index (χ1v) is 2.88. The maximum Gasteiger partial charge on any atom is 0.224 e. The summed E-state index contributed by atoms with van der Waals surface area (Å²) in [7, 11) is 0. The lowest BCUT2D eigenvalue weighted by atomic mass is 10.3. The van der Waals surface area contributed by atoms with E-state index in [2.05, 4.69) is 10.7 Å². The third kappa shape index (κ3) is 1.73. The Morgan fingerprint density at radius 2 is 1.00 bits per heavy atom. The van der Waals surface area contributed by atoms with Crippen LogP contribution in [0.25, 0.3) is 0 Å². The zero-order chi connectivity index (χ0) is 10.2. The van der Waals surface area contributed by atoms with Crippen molar-refractivity contribution in [1.29, 1.82) is 0 Å². The smallest absolute Gasteiger partial charge is 0.224 e. The summed E-state index contributed by atoms with van der Waals surface area (Å²) in [5, 5.41) is 0. The summed E-state index contributed by atoms with van der Waals surface area (Å²) in [4.78, 5) is 3.50. The SMILES string of the molecule is Cl.NOc1c(F)c(F)c(F)c(F)c1F. The Bertz CT molecular complexity index is 330. The third-order valence-corrected chi connectivity index (χ3v) is 1.29. The molecule has 0 radical (unpaired) electrons. The average molecular weight is 236 g/mol. The first kappa shape index (κ1) is 12.9. The molecule has 0 aliphatic rings. The van der Waals surface area contributed by atoms with Gasteiger partial charge in [0.1, 0.15) is 0 Å². The van der Waals surface area contributed by atoms with Crippen molar-refractivity contribution in [2.24, 2.45) is 5.90 Å². The van der Waals surface area contributed by atoms with Gasteiger partial charge in [0, 0.05) is 0 Å². The molecule has 0 aromatic heterocycles. The van der Waals surface area contributed by atoms with Gasteiger partial charge in [-0.05, 0) is 0 Å². The van der Waals surface area contributed by atoms with Gasteiger partial charge in [-0.25, -0.2) is 13.2 Å². The Balaban J connectivity index is 0.00000169. The van der Waals surface area contributed by atoms with Crippen LogP contribution in [-0.4, -0.2) is 0 Å². The van der Waals surface area contributed by atoms with Crippen LogP contribution in [0.3, 0.4) is 0 Å². The van der Waals surface area contributed by atoms with E-state index in [0.717, 1.165) is 0 Å². The molecule has 0 atom stereocenters. The lowest BCUT2D eigenvalue weighted by Crippen LogP contribution is -2.10. The monoisotopic (exact) mass is 235 g/mol. The molecule has 14 heavy (non-hydrogen) atoms. The first-order chi connectivity index (χ1) is 6.00. The summed E-state index contributed by atoms with van der Waals surface area (Å²) in [6, 6.07) is 0. The van der Waals surface area contributed by atoms with Crippen molar-refractivity contribution in [3.05, 3.63) is 29.1 Å². The minimum atomic E-state index is -2.25. The topological polar surface area (TPSA) is 35.2 Å². The van der Waals surface area contributed by atoms with E-state index in [1.54, 1.807) is 0 Å². The zero-order valence-corrected chi connectivity index (χ0v) is 7.10. The Hall–Kier alpha value is -1.08. The van der Waals surface area contributed by atoms with Crippen LogP contribution in [0.1, 0.15) is 0 Å². The van der Waals surface area contributed by atoms with Gasteiger partial charge in [0.2, 0.25) is 34.8 Å². The molecule has 1 rings (SSSR count). The molecular weight excluding hydrogens is 233 g/mol. The van der Waals surface area contributed by atoms with Gasteiger partial charge in [0.05, 0.1) is 0 Å². The Morgan fingerprint density at radius 1 is 0.714 bits per heavy atom. The van der Waals surface area contributed by atoms with Crippen molar-refractivity contribution in [1.82, 2.24) is 0 Å². The highest BCUT2D eigenvalue weighted by molar-refractivity contribution is 5.85. The number of halogens is 6. The van der Waals surface area contributed by atoms with E-state index in [1.165, 1.54) is 0 Å². The predicted molar refractivity (Wildman–Crippen MR) is 38.3 cm³/mol. The van der Waals surface area contributed by atoms with Crippen molar-refractivity contribution in [3.63, 3.8) is 0 Å². The van der Waals surface area contributed by atoms with Crippen molar-refractivity contribution in [2.75, 3.05) is 0 Å². The van der Waals surface area contributed by atoms with E-state index in [1.807, 2.05) is 0 Å². The molecule has 2 nitrogen and oxygen atoms in total. The normalized spacial score (nSPS) is 9.57. The van der Waals surface area contributed by atoms with E-state index in [0.29, 0.717) is 0 Å². The molecule has 0 saturated carbocycles. The van der Waals surface area contributed by atoms with E-state index >= 15 is 0 Å². The summed E-state index contributed by atoms with van der Waals surface area (Å²) in [6.07, 6.45) is 0. The first-order valence-electron chi connectivity index (χ1n) is 2.88. The van der Waals surface area contributed by atoms with E-state index in [-0.39, 0.29) is 12.4 Å². The van der Waals surface area contributed by atoms with Gasteiger partial charge in [-0.15, -0.1) is 12.4 Å². The molecule has 0 bridgehead atoms. The van der Waals surface area contributed by atoms with Gasteiger partial charge in [-0.2, -0.15) is 14.7 Å². The number of benzene rings is 1. The second kappa shape index (κ2) is 4.43. The lowest BCUT2D eigenvalue weighted by molar-refractivity contribution is 0.270. The van der Waals surface area contributed by atoms with E-state index in [4.69, 9.17) is 0 Å². The van der Waals surface area contributed by atoms with Crippen molar-refractivity contribution in [3.8, 4) is 5.75 Å². The molecule has 0 aliphatic carbocycles. The Morgan fingerprint density at radius 3 is 1.29 bits per heavy atom. The fourth-order valence-electron chi connectivity index (χ4n) is 0.688. The molecule has 0 amide bonds. The van der Waals surface area contributed by atoms with Gasteiger partial charge in [-0.1, -0.05) is 0 Å². The molecule has 0 aliphatic heterocycles. The van der Waals surface area contributed by atoms with Crippen LogP contribution in [0.2, 0.25) is 0 Å². The van der Waals surface area contributed by atoms with Crippen LogP contribution < -0.4 is 10.7 Å². The molecule has 0 spiro atoms. The molecule has 80 valence electrons. The molecule has 1 aromatic carbocycles. The Labute approximate surface area is 80.8 Å². The maximum atomic E-state index is 12.5. The minimum Gasteiger partial charge on any atom is -0.405 e. The van der Waals surface area contributed by atoms with Gasteiger partial charge in [0.15, 0.2) is 0 Å². The Kier molecular flexibility index (Phi) is 4.08. The number of rotatable bonds is 1. The number of nitrogens with two attached hydrogens (primary N) is 1. The molecule has 1 aromatic rings. The number of hydrogen-bond acceptors (Lipinski definition) is 2. The van der Waals surface area contributed by atoms with Crippen LogP contribution in [0.5, 0.6) is 5.75 Å². The highest BCUT2D eigenvalue weighted by Gasteiger charge is 2.26. The maximum absolute atomic E-state index is 12.5. The molecule has 0 heterocycles. The quantitative estimate of drug-likeness (QED) is 0.350. The molecule has 8 heteroatoms. The van der Waals surface area contributed by atoms with Gasteiger partial charge in [0.25, 0.3) is 0 Å². The summed E-state index contributed by atoms with van der Waals surface area (Å²) >= 11 is 0. The summed E-state index contributed by atoms with van der Waals surface area (Å²) < 4.78 is 61.9. The van der Waals surface area contributed by atoms with Crippen LogP contribution in [0.4, 0.5) is 22.0 Å². The minimum absolute atomic E-state index is 0. The fourth-order valence-corrected chi connectivity index (χ4v) is 0.688. The summed E-state index contributed by atoms with van der Waals surface area (Å²) in [6.45, 7) is 0. The molecule has 0 unspecified atom stereocenters. The van der Waals surface area contributed by atoms with Crippen molar-refractivity contribution in [2.45, 2.75) is 0 Å². The lowest BCUT2D eigenvalue weighted by Gasteiger charge is -2.04. The van der Waals surface area contributed by atoms with Crippen molar-refractivity contribution < 1.29 is 26.8 Å². The van der Waals surface area contributed by atoms with Gasteiger partial charge >= 0.3 is 0 Å². The van der Waals surface area contributed by atoms with Gasteiger partial charge < -0.3 is 4.84 Å². The van der Waals surface area contributed by atoms with Crippen LogP contribution >= 0.6 is 12.4 Å². The zero-order valence-electron chi connectivity index (χ0n) is 6.28. The van der Waals surface area contributed by atoms with E-state index < -0.39 is 34.8 Å². The standard InChI is InChI=1S/C6H2F5NO.ClH/c7-1-2(8)4(10)6(13-12)5(11)3(1)9;/h12H2;1H. The van der Waals surface area contributed by atoms with E-state index in [9.17, 15) is 22.0 Å². The average Bonchev–Trinajstić information content (AvgIpc) is 2.13. The highest BCUT2D eigenvalue weighted by atomic mass is 35.5. The number of hydrogen-bond donors (Lipinski definition) is 1. The third-order valence-electron chi connectivity index (χ3n) is 1.29. The summed E-state index contributed by atoms with van der Waals surface area (Å²) in [5.74, 6) is -7.85. The molecule has 0 fully saturated rings. The predicted octanol–water partition coefficient (Wildman–Crippen LogP) is 2.06. The molecular formula is C6H3ClF5NO. The largest absolute Gasteiger partial charge is 0.405 e. The van der Waals surface area contributed by atoms with Gasteiger partial charge in [-0.3, -0.25) is 0 Å². The second-order valence-electron chi connectivity index (χ2n) is 2.02.